The van der Waals surface area contributed by atoms with E-state index < -0.39 is 16.0 Å². The Hall–Kier alpha value is -2.54. The maximum Gasteiger partial charge on any atom is 0.337 e. The van der Waals surface area contributed by atoms with Gasteiger partial charge in [0.15, 0.2) is 0 Å². The summed E-state index contributed by atoms with van der Waals surface area (Å²) < 4.78 is 27.8. The highest BCUT2D eigenvalue weighted by Crippen LogP contribution is 2.33. The zero-order chi connectivity index (χ0) is 20.3. The Balaban J connectivity index is 2.22. The lowest BCUT2D eigenvalue weighted by Gasteiger charge is -2.26. The van der Waals surface area contributed by atoms with E-state index in [1.165, 1.54) is 30.3 Å². The zero-order valence-electron chi connectivity index (χ0n) is 14.4. The van der Waals surface area contributed by atoms with Crippen molar-refractivity contribution in [2.24, 2.45) is 0 Å². The highest BCUT2D eigenvalue weighted by atomic mass is 35.5. The lowest BCUT2D eigenvalue weighted by Crippen LogP contribution is -2.32. The molecule has 0 unspecified atom stereocenters. The van der Waals surface area contributed by atoms with Crippen LogP contribution in [0.5, 0.6) is 0 Å². The van der Waals surface area contributed by atoms with Crippen LogP contribution in [0.4, 0.5) is 5.69 Å². The summed E-state index contributed by atoms with van der Waals surface area (Å²) in [5.41, 5.74) is 0.255. The van der Waals surface area contributed by atoms with Crippen LogP contribution in [0.3, 0.4) is 0 Å². The van der Waals surface area contributed by atoms with E-state index >= 15 is 0 Å². The first-order valence-corrected chi connectivity index (χ1v) is 10.3. The van der Waals surface area contributed by atoms with Gasteiger partial charge in [-0.05, 0) is 36.4 Å². The van der Waals surface area contributed by atoms with Crippen molar-refractivity contribution in [1.29, 1.82) is 0 Å². The first kappa shape index (κ1) is 20.2. The summed E-state index contributed by atoms with van der Waals surface area (Å²) >= 11 is 12.5. The van der Waals surface area contributed by atoms with Crippen LogP contribution < -0.4 is 4.31 Å². The molecule has 28 heavy (non-hydrogen) atoms. The maximum absolute atomic E-state index is 13.4. The molecular formula is C20H15Cl2NO4S. The van der Waals surface area contributed by atoms with E-state index in [1.807, 2.05) is 0 Å². The number of benzene rings is 3. The van der Waals surface area contributed by atoms with Crippen molar-refractivity contribution in [3.05, 3.63) is 94.0 Å². The number of carbonyl (C=O) groups is 1. The van der Waals surface area contributed by atoms with Gasteiger partial charge in [0, 0.05) is 15.6 Å². The number of halogens is 2. The minimum Gasteiger partial charge on any atom is -0.478 e. The second-order valence-corrected chi connectivity index (χ2v) is 8.52. The van der Waals surface area contributed by atoms with Crippen LogP contribution in [0.15, 0.2) is 77.7 Å². The number of nitrogens with zero attached hydrogens (tertiary/aromatic N) is 1. The summed E-state index contributed by atoms with van der Waals surface area (Å²) in [7, 11) is -4.09. The summed E-state index contributed by atoms with van der Waals surface area (Å²) in [6.07, 6.45) is 0. The van der Waals surface area contributed by atoms with Gasteiger partial charge in [0.05, 0.1) is 22.7 Å². The van der Waals surface area contributed by atoms with Gasteiger partial charge in [0.25, 0.3) is 10.0 Å². The second-order valence-electron chi connectivity index (χ2n) is 5.85. The van der Waals surface area contributed by atoms with E-state index in [1.54, 1.807) is 42.5 Å². The highest BCUT2D eigenvalue weighted by Gasteiger charge is 2.29. The molecule has 0 aliphatic rings. The van der Waals surface area contributed by atoms with E-state index in [4.69, 9.17) is 23.2 Å². The van der Waals surface area contributed by atoms with Crippen molar-refractivity contribution < 1.29 is 18.3 Å². The van der Waals surface area contributed by atoms with E-state index in [2.05, 4.69) is 0 Å². The third-order valence-corrected chi connectivity index (χ3v) is 6.58. The van der Waals surface area contributed by atoms with E-state index in [-0.39, 0.29) is 32.7 Å². The number of anilines is 1. The Morgan fingerprint density at radius 2 is 1.43 bits per heavy atom. The Bertz CT molecular complexity index is 1100. The maximum atomic E-state index is 13.4. The van der Waals surface area contributed by atoms with Crippen LogP contribution in [-0.4, -0.2) is 19.5 Å². The molecule has 5 nitrogen and oxygen atoms in total. The molecule has 0 saturated carbocycles. The van der Waals surface area contributed by atoms with Crippen molar-refractivity contribution >= 4 is 44.9 Å². The van der Waals surface area contributed by atoms with Gasteiger partial charge in [-0.1, -0.05) is 59.6 Å². The van der Waals surface area contributed by atoms with Crippen LogP contribution in [0.1, 0.15) is 15.9 Å². The summed E-state index contributed by atoms with van der Waals surface area (Å²) in [4.78, 5) is 11.7. The number of hydrogen-bond acceptors (Lipinski definition) is 3. The minimum absolute atomic E-state index is 0.0230. The summed E-state index contributed by atoms with van der Waals surface area (Å²) in [5, 5.41) is 10.1. The molecule has 3 aromatic rings. The molecule has 0 aliphatic heterocycles. The Labute approximate surface area is 172 Å². The number of rotatable bonds is 6. The molecule has 0 amide bonds. The highest BCUT2D eigenvalue weighted by molar-refractivity contribution is 7.92. The van der Waals surface area contributed by atoms with Crippen molar-refractivity contribution in [1.82, 2.24) is 0 Å². The van der Waals surface area contributed by atoms with Crippen LogP contribution in [0.2, 0.25) is 10.0 Å². The molecule has 1 N–H and O–H groups in total. The molecule has 0 spiro atoms. The average Bonchev–Trinajstić information content (AvgIpc) is 2.68. The van der Waals surface area contributed by atoms with E-state index in [0.717, 1.165) is 4.31 Å². The van der Waals surface area contributed by atoms with Gasteiger partial charge in [-0.15, -0.1) is 0 Å². The summed E-state index contributed by atoms with van der Waals surface area (Å²) in [6, 6.07) is 18.5. The smallest absolute Gasteiger partial charge is 0.337 e. The molecule has 144 valence electrons. The monoisotopic (exact) mass is 435 g/mol. The molecule has 8 heteroatoms. The Morgan fingerprint density at radius 1 is 0.857 bits per heavy atom. The lowest BCUT2D eigenvalue weighted by molar-refractivity contribution is 0.0697. The summed E-state index contributed by atoms with van der Waals surface area (Å²) in [5.74, 6) is -1.24. The van der Waals surface area contributed by atoms with Gasteiger partial charge < -0.3 is 5.11 Å². The third kappa shape index (κ3) is 3.99. The number of para-hydroxylation sites is 1. The molecule has 0 bridgehead atoms. The molecule has 0 aromatic heterocycles. The normalized spacial score (nSPS) is 11.2. The SMILES string of the molecule is O=C(O)c1ccccc1N(Cc1c(Cl)cccc1Cl)S(=O)(=O)c1ccccc1. The van der Waals surface area contributed by atoms with Crippen LogP contribution in [-0.2, 0) is 16.6 Å². The number of sulfonamides is 1. The van der Waals surface area contributed by atoms with Crippen LogP contribution >= 0.6 is 23.2 Å². The largest absolute Gasteiger partial charge is 0.478 e. The van der Waals surface area contributed by atoms with Gasteiger partial charge in [-0.3, -0.25) is 4.31 Å². The molecule has 0 fully saturated rings. The van der Waals surface area contributed by atoms with Crippen molar-refractivity contribution in [2.45, 2.75) is 11.4 Å². The molecule has 0 aliphatic carbocycles. The minimum atomic E-state index is -4.09. The first-order valence-electron chi connectivity index (χ1n) is 8.15. The van der Waals surface area contributed by atoms with Gasteiger partial charge in [-0.25, -0.2) is 13.2 Å². The number of aromatic carboxylic acids is 1. The van der Waals surface area contributed by atoms with Crippen molar-refractivity contribution in [3.63, 3.8) is 0 Å². The molecule has 3 aromatic carbocycles. The topological polar surface area (TPSA) is 74.7 Å². The van der Waals surface area contributed by atoms with Crippen molar-refractivity contribution in [2.75, 3.05) is 4.31 Å². The van der Waals surface area contributed by atoms with Crippen LogP contribution in [0, 0.1) is 0 Å². The lowest BCUT2D eigenvalue weighted by atomic mass is 10.1. The predicted octanol–water partition coefficient (Wildman–Crippen LogP) is 5.09. The Morgan fingerprint density at radius 3 is 2.04 bits per heavy atom. The second kappa shape index (κ2) is 8.22. The third-order valence-electron chi connectivity index (χ3n) is 4.10. The fraction of sp³-hybridized carbons (Fsp3) is 0.0500. The van der Waals surface area contributed by atoms with E-state index in [0.29, 0.717) is 5.56 Å². The predicted molar refractivity (Wildman–Crippen MR) is 110 cm³/mol. The summed E-state index contributed by atoms with van der Waals surface area (Å²) in [6.45, 7) is -0.222. The van der Waals surface area contributed by atoms with Gasteiger partial charge in [0.2, 0.25) is 0 Å². The standard InChI is InChI=1S/C20H15Cl2NO4S/c21-17-10-6-11-18(22)16(17)13-23(19-12-5-4-9-15(19)20(24)25)28(26,27)14-7-2-1-3-8-14/h1-12H,13H2,(H,24,25). The van der Waals surface area contributed by atoms with Gasteiger partial charge in [-0.2, -0.15) is 0 Å². The number of carboxylic acid groups (broad SMARTS) is 1. The fourth-order valence-corrected chi connectivity index (χ4v) is 4.71. The van der Waals surface area contributed by atoms with Gasteiger partial charge >= 0.3 is 5.97 Å². The molecule has 0 heterocycles. The van der Waals surface area contributed by atoms with Crippen LogP contribution in [0.25, 0.3) is 0 Å². The molecule has 0 radical (unpaired) electrons. The van der Waals surface area contributed by atoms with Gasteiger partial charge in [0.1, 0.15) is 0 Å². The molecule has 0 atom stereocenters. The van der Waals surface area contributed by atoms with E-state index in [9.17, 15) is 18.3 Å². The van der Waals surface area contributed by atoms with Crippen molar-refractivity contribution in [3.8, 4) is 0 Å². The number of hydrogen-bond donors (Lipinski definition) is 1. The molecule has 3 rings (SSSR count). The average molecular weight is 436 g/mol. The molecule has 0 saturated heterocycles. The first-order chi connectivity index (χ1) is 13.3. The fourth-order valence-electron chi connectivity index (χ4n) is 2.72. The Kier molecular flexibility index (Phi) is 5.93. The number of carboxylic acids is 1. The molecular weight excluding hydrogens is 421 g/mol. The zero-order valence-corrected chi connectivity index (χ0v) is 16.7. The quantitative estimate of drug-likeness (QED) is 0.584.